The number of carboxylic acids is 1. The van der Waals surface area contributed by atoms with E-state index in [1.165, 1.54) is 19.2 Å². The van der Waals surface area contributed by atoms with Gasteiger partial charge in [-0.05, 0) is 23.8 Å². The highest BCUT2D eigenvalue weighted by molar-refractivity contribution is 7.72. The first-order valence-electron chi connectivity index (χ1n) is 7.19. The van der Waals surface area contributed by atoms with Crippen LogP contribution in [0, 0.1) is 0 Å². The van der Waals surface area contributed by atoms with E-state index in [1.807, 2.05) is 0 Å². The number of aromatic carboxylic acids is 1. The van der Waals surface area contributed by atoms with Crippen LogP contribution in [-0.4, -0.2) is 42.7 Å². The molecule has 0 atom stereocenters. The summed E-state index contributed by atoms with van der Waals surface area (Å²) in [4.78, 5) is 22.7. The van der Waals surface area contributed by atoms with Gasteiger partial charge < -0.3 is 19.7 Å². The maximum absolute atomic E-state index is 11.8. The van der Waals surface area contributed by atoms with Gasteiger partial charge in [-0.2, -0.15) is 8.42 Å². The minimum Gasteiger partial charge on any atom is -0.507 e. The molecule has 0 aromatic heterocycles. The Hall–Kier alpha value is -3.33. The van der Waals surface area contributed by atoms with Crippen LogP contribution in [-0.2, 0) is 21.5 Å². The Morgan fingerprint density at radius 3 is 2.35 bits per heavy atom. The van der Waals surface area contributed by atoms with Crippen molar-refractivity contribution in [1.82, 2.24) is 0 Å². The number of carbonyl (C=O) groups is 2. The average Bonchev–Trinajstić information content (AvgIpc) is 2.60. The summed E-state index contributed by atoms with van der Waals surface area (Å²) in [5.41, 5.74) is 0.203. The molecule has 0 saturated heterocycles. The molecule has 2 aromatic carbocycles. The Morgan fingerprint density at radius 2 is 1.77 bits per heavy atom. The molecule has 26 heavy (non-hydrogen) atoms. The van der Waals surface area contributed by atoms with Crippen molar-refractivity contribution in [2.75, 3.05) is 7.11 Å². The second-order valence-electron chi connectivity index (χ2n) is 5.02. The fourth-order valence-electron chi connectivity index (χ4n) is 2.16. The molecule has 0 saturated carbocycles. The molecule has 0 fully saturated rings. The highest BCUT2D eigenvalue weighted by atomic mass is 32.2. The van der Waals surface area contributed by atoms with E-state index >= 15 is 0 Å². The average molecular weight is 378 g/mol. The number of phenols is 1. The van der Waals surface area contributed by atoms with E-state index < -0.39 is 33.0 Å². The van der Waals surface area contributed by atoms with Crippen LogP contribution in [0.25, 0.3) is 0 Å². The first kappa shape index (κ1) is 19.0. The third-order valence-electron chi connectivity index (χ3n) is 3.37. The number of aromatic hydroxyl groups is 1. The minimum atomic E-state index is -2.75. The normalized spacial score (nSPS) is 10.0. The van der Waals surface area contributed by atoms with Gasteiger partial charge in [0.1, 0.15) is 17.1 Å². The number of ether oxygens (including phenoxy) is 2. The lowest BCUT2D eigenvalue weighted by atomic mass is 10.1. The van der Waals surface area contributed by atoms with Crippen LogP contribution >= 0.6 is 0 Å². The van der Waals surface area contributed by atoms with Crippen LogP contribution in [0.2, 0.25) is 0 Å². The number of hydrogen-bond acceptors (Lipinski definition) is 7. The molecule has 0 radical (unpaired) electrons. The predicted molar refractivity (Wildman–Crippen MR) is 91.1 cm³/mol. The molecule has 0 amide bonds. The Kier molecular flexibility index (Phi) is 5.97. The van der Waals surface area contributed by atoms with Crippen LogP contribution in [0.3, 0.4) is 0 Å². The van der Waals surface area contributed by atoms with Crippen LogP contribution in [0.1, 0.15) is 26.3 Å². The van der Waals surface area contributed by atoms with Crippen LogP contribution < -0.4 is 4.74 Å². The molecule has 9 heteroatoms. The van der Waals surface area contributed by atoms with Crippen molar-refractivity contribution in [3.8, 4) is 11.5 Å². The molecular weight excluding hydrogens is 364 g/mol. The maximum Gasteiger partial charge on any atom is 0.339 e. The molecule has 0 aliphatic rings. The summed E-state index contributed by atoms with van der Waals surface area (Å²) in [5, 5.41) is 18.1. The zero-order valence-corrected chi connectivity index (χ0v) is 14.3. The number of carbonyl (C=O) groups excluding carboxylic acids is 1. The molecule has 0 heterocycles. The number of rotatable bonds is 5. The van der Waals surface area contributed by atoms with E-state index in [0.717, 1.165) is 12.1 Å². The van der Waals surface area contributed by atoms with Gasteiger partial charge in [-0.3, -0.25) is 0 Å². The second-order valence-corrected chi connectivity index (χ2v) is 5.94. The van der Waals surface area contributed by atoms with Crippen molar-refractivity contribution in [3.05, 3.63) is 59.2 Å². The summed E-state index contributed by atoms with van der Waals surface area (Å²) in [6.45, 7) is 0. The first-order chi connectivity index (χ1) is 12.3. The van der Waals surface area contributed by atoms with Crippen molar-refractivity contribution >= 4 is 27.3 Å². The zero-order chi connectivity index (χ0) is 19.3. The molecule has 136 valence electrons. The van der Waals surface area contributed by atoms with Crippen molar-refractivity contribution in [1.29, 1.82) is 0 Å². The topological polar surface area (TPSA) is 127 Å². The summed E-state index contributed by atoms with van der Waals surface area (Å²) in [6.07, 6.45) is -0.233. The van der Waals surface area contributed by atoms with E-state index in [1.54, 1.807) is 18.2 Å². The molecule has 2 rings (SSSR count). The molecule has 8 nitrogen and oxygen atoms in total. The monoisotopic (exact) mass is 378 g/mol. The zero-order valence-electron chi connectivity index (χ0n) is 13.5. The number of methoxy groups -OCH3 is 1. The molecule has 0 bridgehead atoms. The Labute approximate surface area is 149 Å². The van der Waals surface area contributed by atoms with Crippen LogP contribution in [0.4, 0.5) is 0 Å². The molecular formula is C17H14O8S. The van der Waals surface area contributed by atoms with Crippen molar-refractivity contribution in [2.24, 2.45) is 0 Å². The summed E-state index contributed by atoms with van der Waals surface area (Å²) in [5.74, 6) is -2.60. The highest BCUT2D eigenvalue weighted by Gasteiger charge is 2.16. The fraction of sp³-hybridized carbons (Fsp3) is 0.118. The van der Waals surface area contributed by atoms with E-state index in [-0.39, 0.29) is 23.3 Å². The van der Waals surface area contributed by atoms with Gasteiger partial charge in [0.05, 0.1) is 12.7 Å². The number of carboxylic acid groups (broad SMARTS) is 1. The van der Waals surface area contributed by atoms with Gasteiger partial charge >= 0.3 is 11.9 Å². The fourth-order valence-corrected chi connectivity index (χ4v) is 2.59. The standard InChI is InChI=1S/C17H14O8S/c1-24-17(21)12-5-3-2-4-10(12)8-15(26(22)23)25-11-6-7-13(16(19)20)14(18)9-11/h2-7,9,18H,8H2,1H3,(H,19,20). The summed E-state index contributed by atoms with van der Waals surface area (Å²) >= 11 is 0. The lowest BCUT2D eigenvalue weighted by Gasteiger charge is -2.10. The van der Waals surface area contributed by atoms with Gasteiger partial charge in [-0.25, -0.2) is 9.59 Å². The maximum atomic E-state index is 11.8. The number of hydrogen-bond donors (Lipinski definition) is 2. The molecule has 0 aliphatic carbocycles. The molecule has 0 unspecified atom stereocenters. The van der Waals surface area contributed by atoms with Gasteiger partial charge in [0.2, 0.25) is 5.05 Å². The largest absolute Gasteiger partial charge is 0.507 e. The predicted octanol–water partition coefficient (Wildman–Crippen LogP) is 1.51. The molecule has 0 spiro atoms. The Balaban J connectivity index is 2.33. The lowest BCUT2D eigenvalue weighted by Crippen LogP contribution is -2.16. The lowest BCUT2D eigenvalue weighted by molar-refractivity contribution is 0.0598. The smallest absolute Gasteiger partial charge is 0.339 e. The number of benzene rings is 2. The van der Waals surface area contributed by atoms with Crippen LogP contribution in [0.5, 0.6) is 11.5 Å². The second kappa shape index (κ2) is 8.17. The van der Waals surface area contributed by atoms with Crippen molar-refractivity contribution < 1.29 is 37.7 Å². The Bertz CT molecular complexity index is 984. The van der Waals surface area contributed by atoms with Gasteiger partial charge in [-0.15, -0.1) is 0 Å². The van der Waals surface area contributed by atoms with E-state index in [9.17, 15) is 23.1 Å². The van der Waals surface area contributed by atoms with Gasteiger partial charge in [0.25, 0.3) is 10.3 Å². The summed E-state index contributed by atoms with van der Waals surface area (Å²) in [7, 11) is -1.55. The minimum absolute atomic E-state index is 0.0674. The summed E-state index contributed by atoms with van der Waals surface area (Å²) in [6, 6.07) is 9.55. The third-order valence-corrected chi connectivity index (χ3v) is 3.97. The van der Waals surface area contributed by atoms with Crippen LogP contribution in [0.15, 0.2) is 42.5 Å². The van der Waals surface area contributed by atoms with Crippen molar-refractivity contribution in [3.63, 3.8) is 0 Å². The molecule has 2 N–H and O–H groups in total. The van der Waals surface area contributed by atoms with Gasteiger partial charge in [-0.1, -0.05) is 18.2 Å². The van der Waals surface area contributed by atoms with E-state index in [2.05, 4.69) is 4.74 Å². The first-order valence-corrected chi connectivity index (χ1v) is 8.26. The molecule has 2 aromatic rings. The summed E-state index contributed by atoms with van der Waals surface area (Å²) < 4.78 is 32.9. The van der Waals surface area contributed by atoms with E-state index in [0.29, 0.717) is 5.56 Å². The quantitative estimate of drug-likeness (QED) is 0.592. The van der Waals surface area contributed by atoms with Crippen molar-refractivity contribution in [2.45, 2.75) is 6.42 Å². The highest BCUT2D eigenvalue weighted by Crippen LogP contribution is 2.24. The van der Waals surface area contributed by atoms with Gasteiger partial charge in [0.15, 0.2) is 0 Å². The van der Waals surface area contributed by atoms with Gasteiger partial charge in [0, 0.05) is 12.5 Å². The number of esters is 1. The third kappa shape index (κ3) is 4.39. The SMILES string of the molecule is COC(=O)c1ccccc1CC(Oc1ccc(C(=O)O)c(O)c1)=S(=O)=O. The van der Waals surface area contributed by atoms with E-state index in [4.69, 9.17) is 9.84 Å². The Morgan fingerprint density at radius 1 is 1.08 bits per heavy atom. The molecule has 0 aliphatic heterocycles.